The zero-order valence-electron chi connectivity index (χ0n) is 11.7. The second kappa shape index (κ2) is 5.18. The summed E-state index contributed by atoms with van der Waals surface area (Å²) < 4.78 is 2.00. The third-order valence-corrected chi connectivity index (χ3v) is 4.84. The number of aryl methyl sites for hydroxylation is 1. The van der Waals surface area contributed by atoms with Gasteiger partial charge >= 0.3 is 0 Å². The Hall–Kier alpha value is -1.40. The predicted molar refractivity (Wildman–Crippen MR) is 77.9 cm³/mol. The minimum Gasteiger partial charge on any atom is -0.393 e. The molecule has 2 aromatic heterocycles. The van der Waals surface area contributed by atoms with E-state index < -0.39 is 0 Å². The minimum atomic E-state index is -0.275. The number of carbonyl (C=O) groups is 1. The molecular formula is C14H19N3O2S. The number of hydrogen-bond donors (Lipinski definition) is 1. The number of nitrogens with zero attached hydrogens (tertiary/aromatic N) is 3. The monoisotopic (exact) mass is 293 g/mol. The third-order valence-electron chi connectivity index (χ3n) is 3.95. The molecule has 1 saturated heterocycles. The number of rotatable bonds is 2. The van der Waals surface area contributed by atoms with Crippen LogP contribution in [0.3, 0.4) is 0 Å². The number of aromatic nitrogens is 2. The van der Waals surface area contributed by atoms with Gasteiger partial charge in [-0.25, -0.2) is 4.98 Å². The van der Waals surface area contributed by atoms with Crippen molar-refractivity contribution in [1.29, 1.82) is 0 Å². The van der Waals surface area contributed by atoms with E-state index in [2.05, 4.69) is 4.98 Å². The van der Waals surface area contributed by atoms with Crippen LogP contribution in [0.1, 0.15) is 24.7 Å². The van der Waals surface area contributed by atoms with Gasteiger partial charge in [-0.1, -0.05) is 6.92 Å². The Balaban J connectivity index is 1.72. The molecule has 1 fully saturated rings. The minimum absolute atomic E-state index is 0.134. The quantitative estimate of drug-likeness (QED) is 0.912. The lowest BCUT2D eigenvalue weighted by Crippen LogP contribution is -2.45. The van der Waals surface area contributed by atoms with Gasteiger partial charge < -0.3 is 10.0 Å². The molecule has 20 heavy (non-hydrogen) atoms. The van der Waals surface area contributed by atoms with Crippen LogP contribution in [-0.2, 0) is 11.2 Å². The van der Waals surface area contributed by atoms with Crippen molar-refractivity contribution in [3.8, 4) is 0 Å². The molecule has 1 amide bonds. The van der Waals surface area contributed by atoms with Crippen molar-refractivity contribution >= 4 is 22.2 Å². The molecule has 1 aliphatic heterocycles. The summed E-state index contributed by atoms with van der Waals surface area (Å²) in [5.74, 6) is 0.292. The SMILES string of the molecule is Cc1cn2c(CC(=O)N3CCC(O)C(C)C3)csc2n1. The third kappa shape index (κ3) is 2.45. The number of carbonyl (C=O) groups excluding carboxylic acids is 1. The average Bonchev–Trinajstić information content (AvgIpc) is 2.93. The first-order valence-corrected chi connectivity index (χ1v) is 7.80. The molecule has 108 valence electrons. The second-order valence-electron chi connectivity index (χ2n) is 5.61. The second-order valence-corrected chi connectivity index (χ2v) is 6.45. The summed E-state index contributed by atoms with van der Waals surface area (Å²) in [6.07, 6.45) is 2.77. The highest BCUT2D eigenvalue weighted by Crippen LogP contribution is 2.20. The summed E-state index contributed by atoms with van der Waals surface area (Å²) in [6, 6.07) is 0. The molecule has 0 radical (unpaired) electrons. The Kier molecular flexibility index (Phi) is 3.52. The zero-order valence-corrected chi connectivity index (χ0v) is 12.6. The number of hydrogen-bond acceptors (Lipinski definition) is 4. The fourth-order valence-electron chi connectivity index (χ4n) is 2.70. The highest BCUT2D eigenvalue weighted by Gasteiger charge is 2.27. The number of amides is 1. The van der Waals surface area contributed by atoms with Crippen LogP contribution >= 0.6 is 11.3 Å². The van der Waals surface area contributed by atoms with E-state index in [-0.39, 0.29) is 17.9 Å². The van der Waals surface area contributed by atoms with Crippen molar-refractivity contribution in [2.24, 2.45) is 5.92 Å². The van der Waals surface area contributed by atoms with E-state index in [9.17, 15) is 9.90 Å². The van der Waals surface area contributed by atoms with Gasteiger partial charge in [0.2, 0.25) is 5.91 Å². The van der Waals surface area contributed by atoms with Crippen LogP contribution in [0.5, 0.6) is 0 Å². The van der Waals surface area contributed by atoms with Crippen molar-refractivity contribution < 1.29 is 9.90 Å². The number of aliphatic hydroxyl groups is 1. The fraction of sp³-hybridized carbons (Fsp3) is 0.571. The number of fused-ring (bicyclic) bond motifs is 1. The predicted octanol–water partition coefficient (Wildman–Crippen LogP) is 1.48. The van der Waals surface area contributed by atoms with Crippen molar-refractivity contribution in [3.63, 3.8) is 0 Å². The van der Waals surface area contributed by atoms with Crippen molar-refractivity contribution in [2.75, 3.05) is 13.1 Å². The van der Waals surface area contributed by atoms with Gasteiger partial charge in [-0.15, -0.1) is 11.3 Å². The number of aliphatic hydroxyl groups excluding tert-OH is 1. The summed E-state index contributed by atoms with van der Waals surface area (Å²) in [7, 11) is 0. The molecular weight excluding hydrogens is 274 g/mol. The van der Waals surface area contributed by atoms with Gasteiger partial charge in [0, 0.05) is 30.4 Å². The summed E-state index contributed by atoms with van der Waals surface area (Å²) >= 11 is 1.57. The maximum absolute atomic E-state index is 12.4. The van der Waals surface area contributed by atoms with Gasteiger partial charge in [0.15, 0.2) is 4.96 Å². The van der Waals surface area contributed by atoms with E-state index >= 15 is 0 Å². The Morgan fingerprint density at radius 3 is 3.15 bits per heavy atom. The van der Waals surface area contributed by atoms with E-state index in [1.54, 1.807) is 11.3 Å². The lowest BCUT2D eigenvalue weighted by atomic mass is 9.96. The van der Waals surface area contributed by atoms with E-state index in [0.717, 1.165) is 16.3 Å². The molecule has 1 N–H and O–H groups in total. The van der Waals surface area contributed by atoms with Crippen LogP contribution in [0.15, 0.2) is 11.6 Å². The molecule has 2 aromatic rings. The Bertz CT molecular complexity index is 633. The molecule has 3 heterocycles. The summed E-state index contributed by atoms with van der Waals surface area (Å²) in [5, 5.41) is 11.7. The smallest absolute Gasteiger partial charge is 0.228 e. The van der Waals surface area contributed by atoms with Crippen molar-refractivity contribution in [3.05, 3.63) is 23.0 Å². The highest BCUT2D eigenvalue weighted by molar-refractivity contribution is 7.15. The van der Waals surface area contributed by atoms with Crippen LogP contribution in [0.4, 0.5) is 0 Å². The van der Waals surface area contributed by atoms with Gasteiger partial charge in [-0.3, -0.25) is 9.20 Å². The largest absolute Gasteiger partial charge is 0.393 e. The maximum Gasteiger partial charge on any atom is 0.228 e. The molecule has 3 rings (SSSR count). The summed E-state index contributed by atoms with van der Waals surface area (Å²) in [6.45, 7) is 5.25. The molecule has 1 aliphatic rings. The number of thiazole rings is 1. The zero-order chi connectivity index (χ0) is 14.3. The van der Waals surface area contributed by atoms with E-state index in [1.807, 2.05) is 34.7 Å². The normalized spacial score (nSPS) is 23.4. The number of imidazole rings is 1. The lowest BCUT2D eigenvalue weighted by Gasteiger charge is -2.34. The Labute approximate surface area is 121 Å². The van der Waals surface area contributed by atoms with Gasteiger partial charge in [-0.05, 0) is 19.3 Å². The van der Waals surface area contributed by atoms with Crippen molar-refractivity contribution in [2.45, 2.75) is 32.8 Å². The van der Waals surface area contributed by atoms with E-state index in [0.29, 0.717) is 25.9 Å². The number of likely N-dealkylation sites (tertiary alicyclic amines) is 1. The molecule has 2 atom stereocenters. The van der Waals surface area contributed by atoms with E-state index in [1.165, 1.54) is 0 Å². The first kappa shape index (κ1) is 13.6. The Morgan fingerprint density at radius 1 is 1.60 bits per heavy atom. The van der Waals surface area contributed by atoms with Crippen LogP contribution < -0.4 is 0 Å². The van der Waals surface area contributed by atoms with Gasteiger partial charge in [0.25, 0.3) is 0 Å². The average molecular weight is 293 g/mol. The topological polar surface area (TPSA) is 57.8 Å². The first-order valence-electron chi connectivity index (χ1n) is 6.92. The first-order chi connectivity index (χ1) is 9.54. The van der Waals surface area contributed by atoms with Crippen molar-refractivity contribution in [1.82, 2.24) is 14.3 Å². The van der Waals surface area contributed by atoms with Crippen LogP contribution in [0.2, 0.25) is 0 Å². The molecule has 5 nitrogen and oxygen atoms in total. The lowest BCUT2D eigenvalue weighted by molar-refractivity contribution is -0.134. The highest BCUT2D eigenvalue weighted by atomic mass is 32.1. The van der Waals surface area contributed by atoms with E-state index in [4.69, 9.17) is 0 Å². The molecule has 0 saturated carbocycles. The molecule has 0 aromatic carbocycles. The fourth-order valence-corrected chi connectivity index (χ4v) is 3.61. The van der Waals surface area contributed by atoms with Gasteiger partial charge in [-0.2, -0.15) is 0 Å². The summed E-state index contributed by atoms with van der Waals surface area (Å²) in [5.41, 5.74) is 1.97. The molecule has 0 aliphatic carbocycles. The number of piperidine rings is 1. The van der Waals surface area contributed by atoms with Crippen LogP contribution in [0.25, 0.3) is 4.96 Å². The van der Waals surface area contributed by atoms with Crippen LogP contribution in [-0.4, -0.2) is 44.5 Å². The molecule has 0 bridgehead atoms. The molecule has 0 spiro atoms. The van der Waals surface area contributed by atoms with Gasteiger partial charge in [0.05, 0.1) is 18.2 Å². The maximum atomic E-state index is 12.4. The molecule has 6 heteroatoms. The molecule has 2 unspecified atom stereocenters. The van der Waals surface area contributed by atoms with Crippen LogP contribution in [0, 0.1) is 12.8 Å². The standard InChI is InChI=1S/C14H19N3O2S/c1-9-6-16(4-3-12(9)18)13(19)5-11-8-20-14-15-10(2)7-17(11)14/h7-9,12,18H,3-6H2,1-2H3. The summed E-state index contributed by atoms with van der Waals surface area (Å²) in [4.78, 5) is 19.6. The van der Waals surface area contributed by atoms with Gasteiger partial charge in [0.1, 0.15) is 0 Å². The Morgan fingerprint density at radius 2 is 2.40 bits per heavy atom.